The van der Waals surface area contributed by atoms with Crippen LogP contribution in [-0.4, -0.2) is 71.5 Å². The van der Waals surface area contributed by atoms with Crippen LogP contribution >= 0.6 is 12.6 Å². The third kappa shape index (κ3) is 12.7. The van der Waals surface area contributed by atoms with Gasteiger partial charge >= 0.3 is 11.9 Å². The standard InChI is InChI=1S/C14H24N4O9S/c15-9(14(22)23)3-4-11(19)17-10(8-28)13(21)16-7-12(20)26-5-1-2-6-27-18(24)25/h9-10,28H,1-8,15H2,(H,16,21)(H,17,19)(H,22,23). The molecule has 0 radical (unpaired) electrons. The number of nitrogens with zero attached hydrogens (tertiary/aromatic N) is 1. The van der Waals surface area contributed by atoms with Gasteiger partial charge in [0.15, 0.2) is 0 Å². The van der Waals surface area contributed by atoms with Crippen molar-refractivity contribution in [1.82, 2.24) is 10.6 Å². The minimum atomic E-state index is -1.24. The summed E-state index contributed by atoms with van der Waals surface area (Å²) >= 11 is 3.95. The molecule has 2 atom stereocenters. The molecular weight excluding hydrogens is 400 g/mol. The number of hydrogen-bond donors (Lipinski definition) is 5. The number of thiol groups is 1. The fourth-order valence-corrected chi connectivity index (χ4v) is 1.99. The summed E-state index contributed by atoms with van der Waals surface area (Å²) in [6, 6.07) is -2.21. The Morgan fingerprint density at radius 1 is 1.21 bits per heavy atom. The minimum Gasteiger partial charge on any atom is -0.480 e. The van der Waals surface area contributed by atoms with E-state index in [1.165, 1.54) is 0 Å². The van der Waals surface area contributed by atoms with Crippen molar-refractivity contribution in [3.63, 3.8) is 0 Å². The molecule has 0 saturated carbocycles. The van der Waals surface area contributed by atoms with E-state index in [0.29, 0.717) is 12.8 Å². The topological polar surface area (TPSA) is 200 Å². The summed E-state index contributed by atoms with van der Waals surface area (Å²) in [5.74, 6) is -3.25. The van der Waals surface area contributed by atoms with Crippen molar-refractivity contribution in [3.05, 3.63) is 10.1 Å². The van der Waals surface area contributed by atoms with Gasteiger partial charge in [-0.3, -0.25) is 19.2 Å². The molecule has 0 aromatic rings. The number of carboxylic acid groups (broad SMARTS) is 1. The smallest absolute Gasteiger partial charge is 0.325 e. The van der Waals surface area contributed by atoms with E-state index in [1.807, 2.05) is 0 Å². The van der Waals surface area contributed by atoms with Crippen LogP contribution in [0.4, 0.5) is 0 Å². The van der Waals surface area contributed by atoms with Crippen LogP contribution in [0.2, 0.25) is 0 Å². The van der Waals surface area contributed by atoms with Crippen LogP contribution in [0.25, 0.3) is 0 Å². The molecule has 28 heavy (non-hydrogen) atoms. The fraction of sp³-hybridized carbons (Fsp3) is 0.714. The molecule has 0 aromatic heterocycles. The van der Waals surface area contributed by atoms with Gasteiger partial charge in [0.25, 0.3) is 5.09 Å². The number of unbranched alkanes of at least 4 members (excludes halogenated alkanes) is 1. The minimum absolute atomic E-state index is 0.00629. The van der Waals surface area contributed by atoms with E-state index in [2.05, 4.69) is 28.1 Å². The molecule has 14 heteroatoms. The van der Waals surface area contributed by atoms with Crippen LogP contribution in [0.5, 0.6) is 0 Å². The van der Waals surface area contributed by atoms with E-state index in [-0.39, 0.29) is 31.8 Å². The molecule has 0 aliphatic heterocycles. The molecule has 0 spiro atoms. The van der Waals surface area contributed by atoms with Crippen LogP contribution in [0.1, 0.15) is 25.7 Å². The molecule has 0 heterocycles. The first-order valence-corrected chi connectivity index (χ1v) is 8.89. The first-order valence-electron chi connectivity index (χ1n) is 8.26. The van der Waals surface area contributed by atoms with E-state index in [0.717, 1.165) is 0 Å². The first-order chi connectivity index (χ1) is 13.2. The Kier molecular flexibility index (Phi) is 13.1. The zero-order valence-corrected chi connectivity index (χ0v) is 15.9. The Balaban J connectivity index is 4.05. The number of hydrogen-bond acceptors (Lipinski definition) is 10. The molecule has 0 bridgehead atoms. The molecule has 5 N–H and O–H groups in total. The Hall–Kier alpha value is -2.61. The third-order valence-electron chi connectivity index (χ3n) is 3.24. The quantitative estimate of drug-likeness (QED) is 0.0659. The van der Waals surface area contributed by atoms with Crippen LogP contribution in [0, 0.1) is 10.1 Å². The Morgan fingerprint density at radius 2 is 1.86 bits per heavy atom. The van der Waals surface area contributed by atoms with Crippen LogP contribution < -0.4 is 16.4 Å². The number of carbonyl (C=O) groups is 4. The Morgan fingerprint density at radius 3 is 2.43 bits per heavy atom. The van der Waals surface area contributed by atoms with Crippen LogP contribution in [0.15, 0.2) is 0 Å². The number of nitrogens with two attached hydrogens (primary N) is 1. The normalized spacial score (nSPS) is 12.4. The SMILES string of the molecule is NC(CCC(=O)NC(CS)C(=O)NCC(=O)OCCCCO[N+](=O)[O-])C(=O)O. The van der Waals surface area contributed by atoms with Gasteiger partial charge in [-0.05, 0) is 19.3 Å². The number of esters is 1. The number of nitrogens with one attached hydrogen (secondary N) is 2. The molecule has 2 amide bonds. The maximum atomic E-state index is 12.0. The number of carboxylic acids is 1. The number of aliphatic carboxylic acids is 1. The highest BCUT2D eigenvalue weighted by Gasteiger charge is 2.21. The fourth-order valence-electron chi connectivity index (χ4n) is 1.73. The number of amides is 2. The van der Waals surface area contributed by atoms with Crippen LogP contribution in [-0.2, 0) is 28.8 Å². The summed E-state index contributed by atoms with van der Waals surface area (Å²) in [4.78, 5) is 59.8. The van der Waals surface area contributed by atoms with Crippen LogP contribution in [0.3, 0.4) is 0 Å². The molecule has 2 unspecified atom stereocenters. The average Bonchev–Trinajstić information content (AvgIpc) is 2.64. The highest BCUT2D eigenvalue weighted by Crippen LogP contribution is 1.97. The van der Waals surface area contributed by atoms with Crippen molar-refractivity contribution in [2.24, 2.45) is 5.73 Å². The van der Waals surface area contributed by atoms with Crippen molar-refractivity contribution in [1.29, 1.82) is 0 Å². The van der Waals surface area contributed by atoms with Gasteiger partial charge in [-0.25, -0.2) is 0 Å². The predicted octanol–water partition coefficient (Wildman–Crippen LogP) is -1.76. The van der Waals surface area contributed by atoms with Crippen molar-refractivity contribution >= 4 is 36.4 Å². The maximum Gasteiger partial charge on any atom is 0.325 e. The second-order valence-corrected chi connectivity index (χ2v) is 5.85. The van der Waals surface area contributed by atoms with Gasteiger partial charge < -0.3 is 31.0 Å². The summed E-state index contributed by atoms with van der Waals surface area (Å²) in [5, 5.41) is 22.3. The van der Waals surface area contributed by atoms with Gasteiger partial charge in [0.1, 0.15) is 18.6 Å². The number of carbonyl (C=O) groups excluding carboxylic acids is 3. The lowest BCUT2D eigenvalue weighted by molar-refractivity contribution is -0.757. The second kappa shape index (κ2) is 14.4. The summed E-state index contributed by atoms with van der Waals surface area (Å²) in [5.41, 5.74) is 5.29. The second-order valence-electron chi connectivity index (χ2n) is 5.49. The number of rotatable bonds is 15. The average molecular weight is 424 g/mol. The van der Waals surface area contributed by atoms with Gasteiger partial charge in [-0.15, -0.1) is 10.1 Å². The lowest BCUT2D eigenvalue weighted by Gasteiger charge is -2.16. The van der Waals surface area contributed by atoms with E-state index in [1.54, 1.807) is 0 Å². The van der Waals surface area contributed by atoms with Gasteiger partial charge in [0.2, 0.25) is 11.8 Å². The van der Waals surface area contributed by atoms with E-state index < -0.39 is 47.5 Å². The third-order valence-corrected chi connectivity index (χ3v) is 3.60. The summed E-state index contributed by atoms with van der Waals surface area (Å²) in [7, 11) is 0. The van der Waals surface area contributed by atoms with Gasteiger partial charge in [0.05, 0.1) is 13.2 Å². The maximum absolute atomic E-state index is 12.0. The Bertz CT molecular complexity index is 561. The molecule has 0 aromatic carbocycles. The van der Waals surface area contributed by atoms with E-state index in [4.69, 9.17) is 15.6 Å². The number of ether oxygens (including phenoxy) is 1. The van der Waals surface area contributed by atoms with Gasteiger partial charge in [-0.1, -0.05) is 0 Å². The summed E-state index contributed by atoms with van der Waals surface area (Å²) in [6.07, 6.45) is 0.385. The molecule has 0 rings (SSSR count). The first kappa shape index (κ1) is 25.4. The van der Waals surface area contributed by atoms with Crippen molar-refractivity contribution in [2.45, 2.75) is 37.8 Å². The molecule has 0 aliphatic rings. The Labute approximate surface area is 165 Å². The summed E-state index contributed by atoms with van der Waals surface area (Å²) in [6.45, 7) is -0.539. The van der Waals surface area contributed by atoms with Gasteiger partial charge in [-0.2, -0.15) is 12.6 Å². The van der Waals surface area contributed by atoms with Gasteiger partial charge in [0, 0.05) is 12.2 Å². The van der Waals surface area contributed by atoms with Crippen molar-refractivity contribution < 1.29 is 38.9 Å². The van der Waals surface area contributed by atoms with E-state index in [9.17, 15) is 29.3 Å². The van der Waals surface area contributed by atoms with Crippen molar-refractivity contribution in [2.75, 3.05) is 25.5 Å². The highest BCUT2D eigenvalue weighted by atomic mass is 32.1. The van der Waals surface area contributed by atoms with Crippen molar-refractivity contribution in [3.8, 4) is 0 Å². The predicted molar refractivity (Wildman–Crippen MR) is 96.8 cm³/mol. The molecule has 0 saturated heterocycles. The lowest BCUT2D eigenvalue weighted by atomic mass is 10.1. The molecule has 13 nitrogen and oxygen atoms in total. The highest BCUT2D eigenvalue weighted by molar-refractivity contribution is 7.80. The zero-order chi connectivity index (χ0) is 21.5. The largest absolute Gasteiger partial charge is 0.480 e. The molecular formula is C14H24N4O9S. The molecule has 160 valence electrons. The zero-order valence-electron chi connectivity index (χ0n) is 15.0. The lowest BCUT2D eigenvalue weighted by Crippen LogP contribution is -2.49. The summed E-state index contributed by atoms with van der Waals surface area (Å²) < 4.78 is 4.83. The molecule has 0 fully saturated rings. The van der Waals surface area contributed by atoms with E-state index >= 15 is 0 Å². The molecule has 0 aliphatic carbocycles. The monoisotopic (exact) mass is 424 g/mol.